The van der Waals surface area contributed by atoms with Crippen molar-refractivity contribution in [3.8, 4) is 5.75 Å². The van der Waals surface area contributed by atoms with Gasteiger partial charge in [0.15, 0.2) is 0 Å². The number of ether oxygens (including phenoxy) is 1. The molecule has 0 atom stereocenters. The molecule has 2 aromatic carbocycles. The minimum Gasteiger partial charge on any atom is -0.489 e. The molecule has 0 aromatic heterocycles. The van der Waals surface area contributed by atoms with Gasteiger partial charge < -0.3 is 10.5 Å². The predicted octanol–water partition coefficient (Wildman–Crippen LogP) is 3.48. The topological polar surface area (TPSA) is 59.1 Å². The van der Waals surface area contributed by atoms with Crippen molar-refractivity contribution >= 4 is 17.4 Å². The van der Waals surface area contributed by atoms with Gasteiger partial charge in [-0.15, -0.1) is 0 Å². The van der Waals surface area contributed by atoms with Crippen LogP contribution in [0.5, 0.6) is 5.75 Å². The zero-order valence-corrected chi connectivity index (χ0v) is 11.0. The van der Waals surface area contributed by atoms with Crippen molar-refractivity contribution in [1.29, 1.82) is 5.41 Å². The minimum atomic E-state index is -0.544. The van der Waals surface area contributed by atoms with Crippen LogP contribution in [0.4, 0.5) is 8.78 Å². The average molecular weight is 297 g/mol. The molecule has 0 bridgehead atoms. The van der Waals surface area contributed by atoms with Crippen LogP contribution < -0.4 is 10.5 Å². The Kier molecular flexibility index (Phi) is 4.20. The molecule has 20 heavy (non-hydrogen) atoms. The molecule has 6 heteroatoms. The molecule has 0 unspecified atom stereocenters. The number of halogens is 3. The molecular weight excluding hydrogens is 286 g/mol. The number of nitrogens with two attached hydrogens (primary N) is 1. The summed E-state index contributed by atoms with van der Waals surface area (Å²) in [5.74, 6) is -0.853. The molecule has 0 fully saturated rings. The number of nitrogens with one attached hydrogen (secondary N) is 1. The van der Waals surface area contributed by atoms with Gasteiger partial charge in [-0.1, -0.05) is 11.6 Å². The fraction of sp³-hybridized carbons (Fsp3) is 0.0714. The van der Waals surface area contributed by atoms with E-state index in [2.05, 4.69) is 0 Å². The van der Waals surface area contributed by atoms with Crippen LogP contribution in [0.2, 0.25) is 5.02 Å². The molecule has 3 nitrogen and oxygen atoms in total. The molecular formula is C14H11ClF2N2O. The fourth-order valence-electron chi connectivity index (χ4n) is 1.62. The smallest absolute Gasteiger partial charge is 0.130 e. The first-order valence-corrected chi connectivity index (χ1v) is 6.06. The second kappa shape index (κ2) is 5.88. The Morgan fingerprint density at radius 3 is 2.60 bits per heavy atom. The third-order valence-electron chi connectivity index (χ3n) is 2.63. The third kappa shape index (κ3) is 3.24. The van der Waals surface area contributed by atoms with Crippen molar-refractivity contribution in [2.24, 2.45) is 5.73 Å². The van der Waals surface area contributed by atoms with Crippen LogP contribution in [0, 0.1) is 17.0 Å². The van der Waals surface area contributed by atoms with Crippen molar-refractivity contribution < 1.29 is 13.5 Å². The van der Waals surface area contributed by atoms with Crippen molar-refractivity contribution in [3.63, 3.8) is 0 Å². The van der Waals surface area contributed by atoms with Gasteiger partial charge in [0.05, 0.1) is 5.02 Å². The van der Waals surface area contributed by atoms with Crippen LogP contribution in [0.1, 0.15) is 11.1 Å². The zero-order chi connectivity index (χ0) is 14.7. The molecule has 0 aliphatic carbocycles. The Balaban J connectivity index is 2.13. The largest absolute Gasteiger partial charge is 0.489 e. The van der Waals surface area contributed by atoms with Gasteiger partial charge in [0, 0.05) is 11.1 Å². The first-order chi connectivity index (χ1) is 9.47. The summed E-state index contributed by atoms with van der Waals surface area (Å²) in [6.07, 6.45) is 0. The Labute approximate surface area is 119 Å². The first-order valence-electron chi connectivity index (χ1n) is 5.68. The van der Waals surface area contributed by atoms with Crippen LogP contribution in [0.3, 0.4) is 0 Å². The van der Waals surface area contributed by atoms with Crippen molar-refractivity contribution in [1.82, 2.24) is 0 Å². The molecule has 0 heterocycles. The summed E-state index contributed by atoms with van der Waals surface area (Å²) in [6, 6.07) is 7.70. The lowest BCUT2D eigenvalue weighted by molar-refractivity contribution is 0.299. The van der Waals surface area contributed by atoms with E-state index in [1.165, 1.54) is 12.1 Å². The zero-order valence-electron chi connectivity index (χ0n) is 10.3. The van der Waals surface area contributed by atoms with Gasteiger partial charge in [-0.05, 0) is 36.4 Å². The van der Waals surface area contributed by atoms with Crippen LogP contribution in [0.15, 0.2) is 36.4 Å². The highest BCUT2D eigenvalue weighted by Crippen LogP contribution is 2.23. The summed E-state index contributed by atoms with van der Waals surface area (Å²) < 4.78 is 31.7. The second-order valence-corrected chi connectivity index (χ2v) is 4.49. The molecule has 0 aliphatic rings. The van der Waals surface area contributed by atoms with E-state index in [4.69, 9.17) is 27.5 Å². The Hall–Kier alpha value is -2.14. The predicted molar refractivity (Wildman–Crippen MR) is 73.2 cm³/mol. The SMILES string of the molecule is N=C(N)c1ccc(OCc2cc(F)ccc2F)cc1Cl. The summed E-state index contributed by atoms with van der Waals surface area (Å²) in [4.78, 5) is 0. The van der Waals surface area contributed by atoms with E-state index in [-0.39, 0.29) is 23.0 Å². The Morgan fingerprint density at radius 1 is 1.20 bits per heavy atom. The summed E-state index contributed by atoms with van der Waals surface area (Å²) in [7, 11) is 0. The molecule has 0 aliphatic heterocycles. The van der Waals surface area contributed by atoms with Gasteiger partial charge in [0.1, 0.15) is 29.8 Å². The highest BCUT2D eigenvalue weighted by molar-refractivity contribution is 6.34. The molecule has 3 N–H and O–H groups in total. The summed E-state index contributed by atoms with van der Waals surface area (Å²) in [6.45, 7) is -0.126. The molecule has 104 valence electrons. The molecule has 0 amide bonds. The summed E-state index contributed by atoms with van der Waals surface area (Å²) in [5.41, 5.74) is 5.83. The normalized spacial score (nSPS) is 10.3. The number of rotatable bonds is 4. The first kappa shape index (κ1) is 14.3. The van der Waals surface area contributed by atoms with E-state index < -0.39 is 11.6 Å². The van der Waals surface area contributed by atoms with E-state index in [9.17, 15) is 8.78 Å². The highest BCUT2D eigenvalue weighted by Gasteiger charge is 2.07. The standard InChI is InChI=1S/C14H11ClF2N2O/c15-12-6-10(2-3-11(12)14(18)19)20-7-8-5-9(16)1-4-13(8)17/h1-6H,7H2,(H3,18,19). The molecule has 2 rings (SSSR count). The van der Waals surface area contributed by atoms with Crippen LogP contribution >= 0.6 is 11.6 Å². The number of benzene rings is 2. The average Bonchev–Trinajstić information content (AvgIpc) is 2.39. The number of amidine groups is 1. The van der Waals surface area contributed by atoms with Crippen LogP contribution in [-0.4, -0.2) is 5.84 Å². The van der Waals surface area contributed by atoms with Gasteiger partial charge in [-0.3, -0.25) is 5.41 Å². The quantitative estimate of drug-likeness (QED) is 0.670. The van der Waals surface area contributed by atoms with Crippen LogP contribution in [0.25, 0.3) is 0 Å². The monoisotopic (exact) mass is 296 g/mol. The third-order valence-corrected chi connectivity index (χ3v) is 2.95. The van der Waals surface area contributed by atoms with Gasteiger partial charge in [-0.2, -0.15) is 0 Å². The minimum absolute atomic E-state index is 0.108. The molecule has 2 aromatic rings. The maximum Gasteiger partial charge on any atom is 0.130 e. The summed E-state index contributed by atoms with van der Waals surface area (Å²) in [5, 5.41) is 7.56. The van der Waals surface area contributed by atoms with E-state index in [0.29, 0.717) is 11.3 Å². The lowest BCUT2D eigenvalue weighted by Crippen LogP contribution is -2.11. The highest BCUT2D eigenvalue weighted by atomic mass is 35.5. The van der Waals surface area contributed by atoms with E-state index in [0.717, 1.165) is 18.2 Å². The number of hydrogen-bond donors (Lipinski definition) is 2. The fourth-order valence-corrected chi connectivity index (χ4v) is 1.89. The van der Waals surface area contributed by atoms with E-state index in [1.54, 1.807) is 6.07 Å². The second-order valence-electron chi connectivity index (χ2n) is 4.08. The van der Waals surface area contributed by atoms with E-state index in [1.807, 2.05) is 0 Å². The number of hydrogen-bond acceptors (Lipinski definition) is 2. The van der Waals surface area contributed by atoms with Crippen LogP contribution in [-0.2, 0) is 6.61 Å². The molecule has 0 saturated heterocycles. The van der Waals surface area contributed by atoms with Gasteiger partial charge >= 0.3 is 0 Å². The van der Waals surface area contributed by atoms with E-state index >= 15 is 0 Å². The van der Waals surface area contributed by atoms with Gasteiger partial charge in [0.25, 0.3) is 0 Å². The maximum absolute atomic E-state index is 13.4. The lowest BCUT2D eigenvalue weighted by Gasteiger charge is -2.09. The van der Waals surface area contributed by atoms with Gasteiger partial charge in [0.2, 0.25) is 0 Å². The van der Waals surface area contributed by atoms with Gasteiger partial charge in [-0.25, -0.2) is 8.78 Å². The Morgan fingerprint density at radius 2 is 1.95 bits per heavy atom. The molecule has 0 radical (unpaired) electrons. The molecule has 0 spiro atoms. The van der Waals surface area contributed by atoms with Crippen molar-refractivity contribution in [3.05, 3.63) is 64.2 Å². The van der Waals surface area contributed by atoms with Crippen molar-refractivity contribution in [2.75, 3.05) is 0 Å². The summed E-state index contributed by atoms with van der Waals surface area (Å²) >= 11 is 5.93. The molecule has 0 saturated carbocycles. The maximum atomic E-state index is 13.4. The lowest BCUT2D eigenvalue weighted by atomic mass is 10.2. The number of nitrogen functional groups attached to an aromatic ring is 1. The van der Waals surface area contributed by atoms with Crippen molar-refractivity contribution in [2.45, 2.75) is 6.61 Å². The Bertz CT molecular complexity index is 662.